The summed E-state index contributed by atoms with van der Waals surface area (Å²) in [6, 6.07) is 11.9. The molecule has 0 amide bonds. The van der Waals surface area contributed by atoms with Crippen LogP contribution in [-0.4, -0.2) is 11.1 Å². The van der Waals surface area contributed by atoms with Crippen molar-refractivity contribution in [3.8, 4) is 0 Å². The molecule has 3 rings (SSSR count). The van der Waals surface area contributed by atoms with Crippen LogP contribution in [0.15, 0.2) is 48.7 Å². The van der Waals surface area contributed by atoms with E-state index >= 15 is 0 Å². The third kappa shape index (κ3) is 4.12. The van der Waals surface area contributed by atoms with Crippen molar-refractivity contribution in [2.75, 3.05) is 5.32 Å². The van der Waals surface area contributed by atoms with Gasteiger partial charge in [0.05, 0.1) is 18.1 Å². The van der Waals surface area contributed by atoms with E-state index in [0.29, 0.717) is 18.8 Å². The Balaban J connectivity index is 1.74. The fourth-order valence-electron chi connectivity index (χ4n) is 2.55. The second kappa shape index (κ2) is 7.57. The summed E-state index contributed by atoms with van der Waals surface area (Å²) in [5.41, 5.74) is 2.69. The molecule has 0 saturated heterocycles. The number of hydrogen-bond donors (Lipinski definition) is 1. The highest BCUT2D eigenvalue weighted by atomic mass is 19.1. The zero-order valence-electron chi connectivity index (χ0n) is 14.2. The Morgan fingerprint density at radius 1 is 0.960 bits per heavy atom. The van der Waals surface area contributed by atoms with Gasteiger partial charge in [-0.15, -0.1) is 0 Å². The van der Waals surface area contributed by atoms with Crippen LogP contribution in [0.5, 0.6) is 0 Å². The lowest BCUT2D eigenvalue weighted by Gasteiger charge is -2.11. The van der Waals surface area contributed by atoms with Crippen LogP contribution in [0, 0.1) is 11.6 Å². The summed E-state index contributed by atoms with van der Waals surface area (Å²) in [7, 11) is 0. The molecule has 0 aliphatic heterocycles. The SMILES string of the molecule is CC(C)OCc1ccc(CNc2ccnc3c(F)ccc(F)c23)cc1. The predicted octanol–water partition coefficient (Wildman–Crippen LogP) is 5.05. The molecular formula is C20H20F2N2O. The summed E-state index contributed by atoms with van der Waals surface area (Å²) in [5.74, 6) is -1.03. The maximum atomic E-state index is 14.1. The average molecular weight is 342 g/mol. The average Bonchev–Trinajstić information content (AvgIpc) is 2.62. The van der Waals surface area contributed by atoms with Crippen LogP contribution in [0.25, 0.3) is 10.9 Å². The Hall–Kier alpha value is -2.53. The number of nitrogens with one attached hydrogen (secondary N) is 1. The Morgan fingerprint density at radius 3 is 2.36 bits per heavy atom. The number of hydrogen-bond acceptors (Lipinski definition) is 3. The molecule has 0 radical (unpaired) electrons. The van der Waals surface area contributed by atoms with Crippen LogP contribution in [0.2, 0.25) is 0 Å². The van der Waals surface area contributed by atoms with Crippen molar-refractivity contribution in [1.29, 1.82) is 0 Å². The summed E-state index contributed by atoms with van der Waals surface area (Å²) in [4.78, 5) is 3.93. The monoisotopic (exact) mass is 342 g/mol. The molecule has 0 saturated carbocycles. The van der Waals surface area contributed by atoms with Gasteiger partial charge in [0, 0.05) is 18.4 Å². The van der Waals surface area contributed by atoms with Gasteiger partial charge in [0.25, 0.3) is 0 Å². The number of benzene rings is 2. The van der Waals surface area contributed by atoms with Gasteiger partial charge in [-0.3, -0.25) is 4.98 Å². The van der Waals surface area contributed by atoms with Crippen LogP contribution >= 0.6 is 0 Å². The van der Waals surface area contributed by atoms with Crippen LogP contribution < -0.4 is 5.32 Å². The van der Waals surface area contributed by atoms with Crippen molar-refractivity contribution < 1.29 is 13.5 Å². The number of nitrogens with zero attached hydrogens (tertiary/aromatic N) is 1. The van der Waals surface area contributed by atoms with Crippen LogP contribution in [0.1, 0.15) is 25.0 Å². The van der Waals surface area contributed by atoms with Crippen molar-refractivity contribution in [3.05, 3.63) is 71.4 Å². The highest BCUT2D eigenvalue weighted by Gasteiger charge is 2.11. The zero-order chi connectivity index (χ0) is 17.8. The van der Waals surface area contributed by atoms with Gasteiger partial charge < -0.3 is 10.1 Å². The maximum absolute atomic E-state index is 14.1. The number of fused-ring (bicyclic) bond motifs is 1. The van der Waals surface area contributed by atoms with Crippen LogP contribution in [-0.2, 0) is 17.9 Å². The number of halogens is 2. The predicted molar refractivity (Wildman–Crippen MR) is 95.4 cm³/mol. The largest absolute Gasteiger partial charge is 0.380 e. The second-order valence-corrected chi connectivity index (χ2v) is 6.14. The second-order valence-electron chi connectivity index (χ2n) is 6.14. The van der Waals surface area contributed by atoms with Gasteiger partial charge in [0.15, 0.2) is 0 Å². The van der Waals surface area contributed by atoms with E-state index in [1.807, 2.05) is 38.1 Å². The van der Waals surface area contributed by atoms with E-state index in [2.05, 4.69) is 10.3 Å². The summed E-state index contributed by atoms with van der Waals surface area (Å²) in [6.45, 7) is 5.07. The van der Waals surface area contributed by atoms with Crippen LogP contribution in [0.4, 0.5) is 14.5 Å². The van der Waals surface area contributed by atoms with Gasteiger partial charge in [-0.05, 0) is 43.2 Å². The zero-order valence-corrected chi connectivity index (χ0v) is 14.2. The molecule has 0 unspecified atom stereocenters. The Kier molecular flexibility index (Phi) is 5.24. The van der Waals surface area contributed by atoms with Crippen molar-refractivity contribution >= 4 is 16.6 Å². The Labute approximate surface area is 145 Å². The lowest BCUT2D eigenvalue weighted by molar-refractivity contribution is 0.0657. The first kappa shape index (κ1) is 17.3. The van der Waals surface area contributed by atoms with E-state index in [0.717, 1.165) is 23.3 Å². The summed E-state index contributed by atoms with van der Waals surface area (Å²) in [5, 5.41) is 3.33. The van der Waals surface area contributed by atoms with Gasteiger partial charge in [-0.25, -0.2) is 8.78 Å². The summed E-state index contributed by atoms with van der Waals surface area (Å²) >= 11 is 0. The number of aromatic nitrogens is 1. The first-order valence-electron chi connectivity index (χ1n) is 8.20. The number of ether oxygens (including phenoxy) is 1. The van der Waals surface area contributed by atoms with E-state index < -0.39 is 11.6 Å². The minimum Gasteiger partial charge on any atom is -0.380 e. The molecule has 0 atom stereocenters. The smallest absolute Gasteiger partial charge is 0.149 e. The molecule has 130 valence electrons. The standard InChI is InChI=1S/C20H20F2N2O/c1-13(2)25-12-15-5-3-14(4-6-15)11-24-18-9-10-23-20-17(22)8-7-16(21)19(18)20/h3-10,13H,11-12H2,1-2H3,(H,23,24). The Morgan fingerprint density at radius 2 is 1.64 bits per heavy atom. The van der Waals surface area contributed by atoms with E-state index in [4.69, 9.17) is 4.74 Å². The van der Waals surface area contributed by atoms with Gasteiger partial charge in [-0.2, -0.15) is 0 Å². The van der Waals surface area contributed by atoms with Crippen molar-refractivity contribution in [2.45, 2.75) is 33.1 Å². The maximum Gasteiger partial charge on any atom is 0.149 e. The molecule has 5 heteroatoms. The third-order valence-corrected chi connectivity index (χ3v) is 3.88. The molecule has 0 fully saturated rings. The van der Waals surface area contributed by atoms with Crippen LogP contribution in [0.3, 0.4) is 0 Å². The molecule has 3 nitrogen and oxygen atoms in total. The van der Waals surface area contributed by atoms with Gasteiger partial charge in [0.1, 0.15) is 17.2 Å². The van der Waals surface area contributed by atoms with E-state index in [9.17, 15) is 8.78 Å². The molecule has 1 heterocycles. The first-order valence-corrected chi connectivity index (χ1v) is 8.20. The van der Waals surface area contributed by atoms with Crippen molar-refractivity contribution in [1.82, 2.24) is 4.98 Å². The molecule has 0 aliphatic carbocycles. The van der Waals surface area contributed by atoms with Gasteiger partial charge in [-0.1, -0.05) is 24.3 Å². The number of pyridine rings is 1. The minimum absolute atomic E-state index is 0.0335. The molecule has 1 N–H and O–H groups in total. The quantitative estimate of drug-likeness (QED) is 0.681. The fraction of sp³-hybridized carbons (Fsp3) is 0.250. The summed E-state index contributed by atoms with van der Waals surface area (Å²) < 4.78 is 33.5. The molecule has 3 aromatic rings. The molecule has 1 aromatic heterocycles. The molecular weight excluding hydrogens is 322 g/mol. The fourth-order valence-corrected chi connectivity index (χ4v) is 2.55. The number of rotatable bonds is 6. The lowest BCUT2D eigenvalue weighted by Crippen LogP contribution is -2.04. The molecule has 0 bridgehead atoms. The molecule has 0 spiro atoms. The van der Waals surface area contributed by atoms with Gasteiger partial charge in [0.2, 0.25) is 0 Å². The Bertz CT molecular complexity index is 863. The normalized spacial score (nSPS) is 11.2. The van der Waals surface area contributed by atoms with E-state index in [1.165, 1.54) is 6.20 Å². The molecule has 25 heavy (non-hydrogen) atoms. The highest BCUT2D eigenvalue weighted by molar-refractivity contribution is 5.91. The number of anilines is 1. The van der Waals surface area contributed by atoms with E-state index in [-0.39, 0.29) is 17.0 Å². The van der Waals surface area contributed by atoms with Crippen molar-refractivity contribution in [3.63, 3.8) is 0 Å². The van der Waals surface area contributed by atoms with E-state index in [1.54, 1.807) is 6.07 Å². The minimum atomic E-state index is -0.533. The summed E-state index contributed by atoms with van der Waals surface area (Å²) in [6.07, 6.45) is 1.66. The molecule has 0 aliphatic rings. The highest BCUT2D eigenvalue weighted by Crippen LogP contribution is 2.27. The van der Waals surface area contributed by atoms with Crippen molar-refractivity contribution in [2.24, 2.45) is 0 Å². The molecule has 2 aromatic carbocycles. The lowest BCUT2D eigenvalue weighted by atomic mass is 10.1. The first-order chi connectivity index (χ1) is 12.0. The van der Waals surface area contributed by atoms with Gasteiger partial charge >= 0.3 is 0 Å². The third-order valence-electron chi connectivity index (χ3n) is 3.88. The topological polar surface area (TPSA) is 34.1 Å².